The minimum atomic E-state index is -3.69. The Morgan fingerprint density at radius 3 is 2.72 bits per heavy atom. The Morgan fingerprint density at radius 2 is 2.00 bits per heavy atom. The Labute approximate surface area is 172 Å². The molecule has 0 bridgehead atoms. The second-order valence-corrected chi connectivity index (χ2v) is 10.4. The number of sulfonamides is 1. The van der Waals surface area contributed by atoms with Gasteiger partial charge in [-0.3, -0.25) is 9.78 Å². The van der Waals surface area contributed by atoms with Crippen molar-refractivity contribution in [1.29, 1.82) is 0 Å². The predicted octanol–water partition coefficient (Wildman–Crippen LogP) is 2.71. The van der Waals surface area contributed by atoms with Gasteiger partial charge in [-0.25, -0.2) is 8.42 Å². The normalized spacial score (nSPS) is 22.1. The molecule has 2 heterocycles. The highest BCUT2D eigenvalue weighted by molar-refractivity contribution is 7.89. The van der Waals surface area contributed by atoms with Gasteiger partial charge >= 0.3 is 5.97 Å². The van der Waals surface area contributed by atoms with Crippen molar-refractivity contribution in [1.82, 2.24) is 14.6 Å². The van der Waals surface area contributed by atoms with Crippen molar-refractivity contribution in [2.75, 3.05) is 13.1 Å². The maximum atomic E-state index is 13.4. The lowest BCUT2D eigenvalue weighted by molar-refractivity contribution is -0.158. The van der Waals surface area contributed by atoms with Gasteiger partial charge in [-0.1, -0.05) is 6.07 Å². The van der Waals surface area contributed by atoms with Gasteiger partial charge in [0.15, 0.2) is 0 Å². The topological polar surface area (TPSA) is 88.6 Å². The number of nitrogens with one attached hydrogen (secondary N) is 1. The van der Waals surface area contributed by atoms with Gasteiger partial charge in [0.05, 0.1) is 4.90 Å². The Hall–Kier alpha value is -2.03. The third-order valence-electron chi connectivity index (χ3n) is 4.92. The van der Waals surface area contributed by atoms with E-state index in [1.807, 2.05) is 27.7 Å². The zero-order valence-corrected chi connectivity index (χ0v) is 18.2. The van der Waals surface area contributed by atoms with Crippen LogP contribution < -0.4 is 5.32 Å². The standard InChI is InChI=1S/C21H29N3O4S/c1-15-12-19(20(25)28-21(2,3)4)23-9-5-11-24(15)29(26,27)18-7-6-17-14-22-10-8-16(17)13-18/h6-8,10,13-15,19,23H,5,9,11-12H2,1-4H3/t15-,19?/m1/s1. The van der Waals surface area contributed by atoms with Crippen LogP contribution in [-0.2, 0) is 19.6 Å². The van der Waals surface area contributed by atoms with Crippen LogP contribution in [0.15, 0.2) is 41.6 Å². The third kappa shape index (κ3) is 5.12. The summed E-state index contributed by atoms with van der Waals surface area (Å²) in [6.45, 7) is 8.25. The fraction of sp³-hybridized carbons (Fsp3) is 0.524. The van der Waals surface area contributed by atoms with Crippen molar-refractivity contribution in [3.05, 3.63) is 36.7 Å². The lowest BCUT2D eigenvalue weighted by Gasteiger charge is -2.34. The fourth-order valence-corrected chi connectivity index (χ4v) is 5.26. The monoisotopic (exact) mass is 419 g/mol. The molecular formula is C21H29N3O4S. The van der Waals surface area contributed by atoms with Gasteiger partial charge in [-0.05, 0) is 70.7 Å². The summed E-state index contributed by atoms with van der Waals surface area (Å²) >= 11 is 0. The summed E-state index contributed by atoms with van der Waals surface area (Å²) in [5.74, 6) is -0.346. The quantitative estimate of drug-likeness (QED) is 0.770. The second kappa shape index (κ2) is 8.38. The number of esters is 1. The fourth-order valence-electron chi connectivity index (χ4n) is 3.54. The summed E-state index contributed by atoms with van der Waals surface area (Å²) < 4.78 is 33.8. The molecule has 1 N–H and O–H groups in total. The van der Waals surface area contributed by atoms with E-state index in [0.29, 0.717) is 25.9 Å². The van der Waals surface area contributed by atoms with E-state index in [9.17, 15) is 13.2 Å². The highest BCUT2D eigenvalue weighted by Gasteiger charge is 2.35. The van der Waals surface area contributed by atoms with E-state index in [4.69, 9.17) is 4.74 Å². The Morgan fingerprint density at radius 1 is 1.24 bits per heavy atom. The number of benzene rings is 1. The molecule has 0 spiro atoms. The van der Waals surface area contributed by atoms with E-state index in [1.54, 1.807) is 36.7 Å². The van der Waals surface area contributed by atoms with Crippen LogP contribution in [0, 0.1) is 0 Å². The first kappa shape index (κ1) is 21.7. The summed E-state index contributed by atoms with van der Waals surface area (Å²) in [7, 11) is -3.69. The molecule has 158 valence electrons. The number of carbonyl (C=O) groups excluding carboxylic acids is 1. The van der Waals surface area contributed by atoms with Crippen molar-refractivity contribution in [3.8, 4) is 0 Å². The number of pyridine rings is 1. The van der Waals surface area contributed by atoms with E-state index in [0.717, 1.165) is 10.8 Å². The van der Waals surface area contributed by atoms with Crippen LogP contribution in [0.4, 0.5) is 0 Å². The SMILES string of the molecule is C[C@@H]1CC(C(=O)OC(C)(C)C)NCCCN1S(=O)(=O)c1ccc2cnccc2c1. The van der Waals surface area contributed by atoms with Crippen molar-refractivity contribution in [2.24, 2.45) is 0 Å². The number of nitrogens with zero attached hydrogens (tertiary/aromatic N) is 2. The molecule has 1 aliphatic rings. The second-order valence-electron chi connectivity index (χ2n) is 8.48. The molecule has 2 aromatic rings. The average Bonchev–Trinajstić information content (AvgIpc) is 2.62. The molecule has 3 rings (SSSR count). The number of carbonyl (C=O) groups is 1. The van der Waals surface area contributed by atoms with E-state index in [2.05, 4.69) is 10.3 Å². The highest BCUT2D eigenvalue weighted by atomic mass is 32.2. The van der Waals surface area contributed by atoms with Crippen LogP contribution >= 0.6 is 0 Å². The highest BCUT2D eigenvalue weighted by Crippen LogP contribution is 2.25. The summed E-state index contributed by atoms with van der Waals surface area (Å²) in [6.07, 6.45) is 4.32. The van der Waals surface area contributed by atoms with Crippen molar-refractivity contribution >= 4 is 26.8 Å². The van der Waals surface area contributed by atoms with Crippen LogP contribution in [0.2, 0.25) is 0 Å². The molecule has 1 aliphatic heterocycles. The molecule has 1 saturated heterocycles. The third-order valence-corrected chi connectivity index (χ3v) is 6.93. The minimum absolute atomic E-state index is 0.255. The first-order chi connectivity index (χ1) is 13.6. The van der Waals surface area contributed by atoms with E-state index in [-0.39, 0.29) is 16.9 Å². The predicted molar refractivity (Wildman–Crippen MR) is 112 cm³/mol. The van der Waals surface area contributed by atoms with Gasteiger partial charge in [0.25, 0.3) is 0 Å². The number of ether oxygens (including phenoxy) is 1. The lowest BCUT2D eigenvalue weighted by atomic mass is 10.1. The number of aromatic nitrogens is 1. The van der Waals surface area contributed by atoms with Crippen LogP contribution in [0.3, 0.4) is 0 Å². The number of fused-ring (bicyclic) bond motifs is 1. The maximum absolute atomic E-state index is 13.4. The molecule has 1 unspecified atom stereocenters. The number of rotatable bonds is 3. The lowest BCUT2D eigenvalue weighted by Crippen LogP contribution is -2.50. The molecule has 0 saturated carbocycles. The smallest absolute Gasteiger partial charge is 0.323 e. The van der Waals surface area contributed by atoms with E-state index in [1.165, 1.54) is 4.31 Å². The minimum Gasteiger partial charge on any atom is -0.459 e. The van der Waals surface area contributed by atoms with Crippen LogP contribution in [-0.4, -0.2) is 54.5 Å². The van der Waals surface area contributed by atoms with Gasteiger partial charge < -0.3 is 10.1 Å². The summed E-state index contributed by atoms with van der Waals surface area (Å²) in [5, 5.41) is 4.93. The Kier molecular flexibility index (Phi) is 6.26. The van der Waals surface area contributed by atoms with Crippen LogP contribution in [0.1, 0.15) is 40.5 Å². The van der Waals surface area contributed by atoms with Crippen molar-refractivity contribution in [3.63, 3.8) is 0 Å². The Balaban J connectivity index is 1.85. The molecule has 0 amide bonds. The average molecular weight is 420 g/mol. The molecule has 8 heteroatoms. The van der Waals surface area contributed by atoms with Crippen LogP contribution in [0.5, 0.6) is 0 Å². The molecule has 1 fully saturated rings. The van der Waals surface area contributed by atoms with Gasteiger partial charge in [0.1, 0.15) is 11.6 Å². The zero-order valence-electron chi connectivity index (χ0n) is 17.4. The number of hydrogen-bond acceptors (Lipinski definition) is 6. The van der Waals surface area contributed by atoms with Crippen molar-refractivity contribution in [2.45, 2.75) is 63.1 Å². The number of hydrogen-bond donors (Lipinski definition) is 1. The molecule has 0 radical (unpaired) electrons. The molecule has 1 aromatic heterocycles. The summed E-state index contributed by atoms with van der Waals surface area (Å²) in [6, 6.07) is 5.99. The largest absolute Gasteiger partial charge is 0.459 e. The molecule has 2 atom stereocenters. The van der Waals surface area contributed by atoms with Gasteiger partial charge in [-0.15, -0.1) is 0 Å². The first-order valence-corrected chi connectivity index (χ1v) is 11.3. The van der Waals surface area contributed by atoms with E-state index >= 15 is 0 Å². The van der Waals surface area contributed by atoms with E-state index < -0.39 is 21.7 Å². The Bertz CT molecular complexity index is 985. The van der Waals surface area contributed by atoms with Crippen LogP contribution in [0.25, 0.3) is 10.8 Å². The summed E-state index contributed by atoms with van der Waals surface area (Å²) in [5.41, 5.74) is -0.587. The molecule has 0 aliphatic carbocycles. The van der Waals surface area contributed by atoms with Gasteiger partial charge in [0, 0.05) is 30.4 Å². The van der Waals surface area contributed by atoms with Gasteiger partial charge in [0.2, 0.25) is 10.0 Å². The van der Waals surface area contributed by atoms with Gasteiger partial charge in [-0.2, -0.15) is 4.31 Å². The zero-order chi connectivity index (χ0) is 21.2. The molecule has 29 heavy (non-hydrogen) atoms. The summed E-state index contributed by atoms with van der Waals surface area (Å²) in [4.78, 5) is 16.9. The molecular weight excluding hydrogens is 390 g/mol. The molecule has 1 aromatic carbocycles. The maximum Gasteiger partial charge on any atom is 0.323 e. The molecule has 7 nitrogen and oxygen atoms in total. The van der Waals surface area contributed by atoms with Crippen molar-refractivity contribution < 1.29 is 17.9 Å². The first-order valence-electron chi connectivity index (χ1n) is 9.90.